The van der Waals surface area contributed by atoms with E-state index in [2.05, 4.69) is 10.3 Å². The maximum atomic E-state index is 12.1. The van der Waals surface area contributed by atoms with E-state index in [9.17, 15) is 13.2 Å². The fourth-order valence-electron chi connectivity index (χ4n) is 1.92. The molecule has 1 N–H and O–H groups in total. The second kappa shape index (κ2) is 6.05. The van der Waals surface area contributed by atoms with E-state index in [-0.39, 0.29) is 16.6 Å². The Morgan fingerprint density at radius 2 is 2.00 bits per heavy atom. The highest BCUT2D eigenvalue weighted by Crippen LogP contribution is 2.18. The van der Waals surface area contributed by atoms with Crippen LogP contribution in [0.25, 0.3) is 0 Å². The number of carbonyl (C=O) groups is 1. The smallest absolute Gasteiger partial charge is 0.256 e. The van der Waals surface area contributed by atoms with E-state index in [1.807, 2.05) is 0 Å². The molecule has 2 rings (SSSR count). The topological polar surface area (TPSA) is 76.1 Å². The van der Waals surface area contributed by atoms with Crippen molar-refractivity contribution in [1.82, 2.24) is 4.98 Å². The molecular formula is C15H16N2O3S. The van der Waals surface area contributed by atoms with Crippen LogP contribution in [0.2, 0.25) is 0 Å². The third kappa shape index (κ3) is 3.46. The third-order valence-electron chi connectivity index (χ3n) is 3.06. The lowest BCUT2D eigenvalue weighted by molar-refractivity contribution is 0.102. The molecule has 1 amide bonds. The van der Waals surface area contributed by atoms with Crippen LogP contribution in [0.15, 0.2) is 47.5 Å². The molecule has 0 bridgehead atoms. The Hall–Kier alpha value is -2.21. The van der Waals surface area contributed by atoms with Gasteiger partial charge in [-0.25, -0.2) is 13.4 Å². The Kier molecular flexibility index (Phi) is 4.37. The van der Waals surface area contributed by atoms with Gasteiger partial charge in [-0.3, -0.25) is 4.79 Å². The van der Waals surface area contributed by atoms with E-state index >= 15 is 0 Å². The number of sulfone groups is 1. The molecule has 1 aromatic heterocycles. The van der Waals surface area contributed by atoms with Crippen LogP contribution in [0.5, 0.6) is 0 Å². The van der Waals surface area contributed by atoms with Crippen LogP contribution in [0.4, 0.5) is 5.82 Å². The highest BCUT2D eigenvalue weighted by Gasteiger charge is 2.16. The molecule has 21 heavy (non-hydrogen) atoms. The fourth-order valence-corrected chi connectivity index (χ4v) is 3.06. The minimum Gasteiger partial charge on any atom is -0.307 e. The molecule has 2 aromatic rings. The standard InChI is InChI=1S/C15H16N2O3S/c1-3-21(19,20)13-8-7-12(10-11(13)2)15(18)17-14-6-4-5-9-16-14/h4-10H,3H2,1-2H3,(H,16,17,18). The first-order valence-electron chi connectivity index (χ1n) is 6.50. The van der Waals surface area contributed by atoms with Gasteiger partial charge in [-0.15, -0.1) is 0 Å². The molecule has 0 aliphatic carbocycles. The molecule has 5 nitrogen and oxygen atoms in total. The molecule has 0 aliphatic rings. The zero-order valence-electron chi connectivity index (χ0n) is 11.8. The Balaban J connectivity index is 2.26. The zero-order valence-corrected chi connectivity index (χ0v) is 12.6. The first-order valence-corrected chi connectivity index (χ1v) is 8.15. The van der Waals surface area contributed by atoms with Crippen molar-refractivity contribution in [3.63, 3.8) is 0 Å². The molecule has 6 heteroatoms. The van der Waals surface area contributed by atoms with Crippen molar-refractivity contribution in [2.75, 3.05) is 11.1 Å². The fraction of sp³-hybridized carbons (Fsp3) is 0.200. The summed E-state index contributed by atoms with van der Waals surface area (Å²) in [5, 5.41) is 2.66. The number of aryl methyl sites for hydroxylation is 1. The van der Waals surface area contributed by atoms with Crippen molar-refractivity contribution in [2.24, 2.45) is 0 Å². The normalized spacial score (nSPS) is 11.1. The molecule has 0 saturated heterocycles. The number of pyridine rings is 1. The third-order valence-corrected chi connectivity index (χ3v) is 4.95. The lowest BCUT2D eigenvalue weighted by Gasteiger charge is -2.09. The van der Waals surface area contributed by atoms with Crippen molar-refractivity contribution in [3.05, 3.63) is 53.7 Å². The molecular weight excluding hydrogens is 288 g/mol. The molecule has 0 saturated carbocycles. The predicted molar refractivity (Wildman–Crippen MR) is 81.1 cm³/mol. The minimum absolute atomic E-state index is 0.0350. The van der Waals surface area contributed by atoms with Crippen LogP contribution < -0.4 is 5.32 Å². The number of carbonyl (C=O) groups excluding carboxylic acids is 1. The Morgan fingerprint density at radius 1 is 1.24 bits per heavy atom. The summed E-state index contributed by atoms with van der Waals surface area (Å²) in [5.41, 5.74) is 0.957. The van der Waals surface area contributed by atoms with E-state index in [4.69, 9.17) is 0 Å². The van der Waals surface area contributed by atoms with Crippen molar-refractivity contribution in [1.29, 1.82) is 0 Å². The second-order valence-corrected chi connectivity index (χ2v) is 6.80. The Bertz CT molecular complexity index is 756. The van der Waals surface area contributed by atoms with Crippen molar-refractivity contribution >= 4 is 21.6 Å². The lowest BCUT2D eigenvalue weighted by atomic mass is 10.1. The van der Waals surface area contributed by atoms with E-state index in [0.717, 1.165) is 0 Å². The number of anilines is 1. The number of rotatable bonds is 4. The lowest BCUT2D eigenvalue weighted by Crippen LogP contribution is -2.14. The molecule has 0 fully saturated rings. The summed E-state index contributed by atoms with van der Waals surface area (Å²) in [7, 11) is -3.27. The van der Waals surface area contributed by atoms with E-state index in [1.54, 1.807) is 44.3 Å². The molecule has 110 valence electrons. The number of amides is 1. The molecule has 0 aliphatic heterocycles. The summed E-state index contributed by atoms with van der Waals surface area (Å²) >= 11 is 0. The summed E-state index contributed by atoms with van der Waals surface area (Å²) in [5.74, 6) is 0.162. The summed E-state index contributed by atoms with van der Waals surface area (Å²) in [6, 6.07) is 9.76. The number of nitrogens with zero attached hydrogens (tertiary/aromatic N) is 1. The Labute approximate surface area is 124 Å². The van der Waals surface area contributed by atoms with Crippen LogP contribution in [0.3, 0.4) is 0 Å². The maximum Gasteiger partial charge on any atom is 0.256 e. The Morgan fingerprint density at radius 3 is 2.57 bits per heavy atom. The van der Waals surface area contributed by atoms with Gasteiger partial charge in [-0.2, -0.15) is 0 Å². The van der Waals surface area contributed by atoms with Gasteiger partial charge in [0.1, 0.15) is 5.82 Å². The van der Waals surface area contributed by atoms with E-state index < -0.39 is 9.84 Å². The molecule has 1 heterocycles. The van der Waals surface area contributed by atoms with Crippen LogP contribution in [-0.4, -0.2) is 25.1 Å². The SMILES string of the molecule is CCS(=O)(=O)c1ccc(C(=O)Nc2ccccn2)cc1C. The van der Waals surface area contributed by atoms with Crippen molar-refractivity contribution in [2.45, 2.75) is 18.7 Å². The van der Waals surface area contributed by atoms with Gasteiger partial charge in [-0.05, 0) is 42.8 Å². The monoisotopic (exact) mass is 304 g/mol. The van der Waals surface area contributed by atoms with E-state index in [0.29, 0.717) is 16.9 Å². The maximum absolute atomic E-state index is 12.1. The largest absolute Gasteiger partial charge is 0.307 e. The van der Waals surface area contributed by atoms with Crippen molar-refractivity contribution < 1.29 is 13.2 Å². The first-order chi connectivity index (χ1) is 9.94. The average Bonchev–Trinajstić information content (AvgIpc) is 2.48. The van der Waals surface area contributed by atoms with Gasteiger partial charge in [0.05, 0.1) is 10.6 Å². The molecule has 0 spiro atoms. The summed E-state index contributed by atoms with van der Waals surface area (Å²) < 4.78 is 23.8. The average molecular weight is 304 g/mol. The molecule has 0 unspecified atom stereocenters. The van der Waals surface area contributed by atoms with Crippen LogP contribution in [0, 0.1) is 6.92 Å². The van der Waals surface area contributed by atoms with Crippen LogP contribution >= 0.6 is 0 Å². The minimum atomic E-state index is -3.27. The van der Waals surface area contributed by atoms with Crippen LogP contribution in [0.1, 0.15) is 22.8 Å². The zero-order chi connectivity index (χ0) is 15.5. The van der Waals surface area contributed by atoms with Gasteiger partial charge < -0.3 is 5.32 Å². The predicted octanol–water partition coefficient (Wildman–Crippen LogP) is 2.44. The second-order valence-electron chi connectivity index (χ2n) is 4.55. The molecule has 0 atom stereocenters. The molecule has 0 radical (unpaired) electrons. The van der Waals surface area contributed by atoms with Gasteiger partial charge in [0.2, 0.25) is 0 Å². The summed E-state index contributed by atoms with van der Waals surface area (Å²) in [6.07, 6.45) is 1.58. The van der Waals surface area contributed by atoms with Crippen molar-refractivity contribution in [3.8, 4) is 0 Å². The highest BCUT2D eigenvalue weighted by atomic mass is 32.2. The van der Waals surface area contributed by atoms with Gasteiger partial charge in [0, 0.05) is 11.8 Å². The van der Waals surface area contributed by atoms with Gasteiger partial charge in [0.15, 0.2) is 9.84 Å². The number of benzene rings is 1. The number of hydrogen-bond donors (Lipinski definition) is 1. The number of aromatic nitrogens is 1. The highest BCUT2D eigenvalue weighted by molar-refractivity contribution is 7.91. The number of nitrogens with one attached hydrogen (secondary N) is 1. The first kappa shape index (κ1) is 15.2. The van der Waals surface area contributed by atoms with Crippen LogP contribution in [-0.2, 0) is 9.84 Å². The van der Waals surface area contributed by atoms with Gasteiger partial charge in [0.25, 0.3) is 5.91 Å². The number of hydrogen-bond acceptors (Lipinski definition) is 4. The van der Waals surface area contributed by atoms with Gasteiger partial charge in [-0.1, -0.05) is 13.0 Å². The van der Waals surface area contributed by atoms with Gasteiger partial charge >= 0.3 is 0 Å². The quantitative estimate of drug-likeness (QED) is 0.941. The molecule has 1 aromatic carbocycles. The van der Waals surface area contributed by atoms with E-state index in [1.165, 1.54) is 12.1 Å². The summed E-state index contributed by atoms with van der Waals surface area (Å²) in [4.78, 5) is 16.4. The summed E-state index contributed by atoms with van der Waals surface area (Å²) in [6.45, 7) is 3.27.